The molecule has 18 heavy (non-hydrogen) atoms. The van der Waals surface area contributed by atoms with Gasteiger partial charge in [0.15, 0.2) is 0 Å². The van der Waals surface area contributed by atoms with E-state index in [4.69, 9.17) is 4.74 Å². The average Bonchev–Trinajstić information content (AvgIpc) is 2.38. The van der Waals surface area contributed by atoms with E-state index in [2.05, 4.69) is 10.6 Å². The Balaban J connectivity index is 2.34. The quantitative estimate of drug-likeness (QED) is 0.780. The molecule has 0 bridgehead atoms. The van der Waals surface area contributed by atoms with Crippen molar-refractivity contribution in [3.63, 3.8) is 0 Å². The van der Waals surface area contributed by atoms with Crippen LogP contribution in [0.25, 0.3) is 0 Å². The summed E-state index contributed by atoms with van der Waals surface area (Å²) in [5, 5.41) is 5.18. The molecule has 0 fully saturated rings. The fourth-order valence-corrected chi connectivity index (χ4v) is 1.44. The Morgan fingerprint density at radius 1 is 1.28 bits per heavy atom. The average molecular weight is 250 g/mol. The second-order valence-electron chi connectivity index (χ2n) is 3.76. The Hall–Kier alpha value is -2.04. The molecule has 2 N–H and O–H groups in total. The molecule has 1 aromatic carbocycles. The Morgan fingerprint density at radius 3 is 2.56 bits per heavy atom. The number of amides is 2. The van der Waals surface area contributed by atoms with Crippen LogP contribution in [0.4, 0.5) is 4.79 Å². The molecule has 0 radical (unpaired) electrons. The van der Waals surface area contributed by atoms with Gasteiger partial charge < -0.3 is 15.4 Å². The topological polar surface area (TPSA) is 67.4 Å². The Kier molecular flexibility index (Phi) is 5.70. The number of esters is 1. The molecule has 1 atom stereocenters. The van der Waals surface area contributed by atoms with E-state index in [0.717, 1.165) is 5.56 Å². The number of hydrogen-bond donors (Lipinski definition) is 2. The molecule has 0 saturated heterocycles. The Labute approximate surface area is 107 Å². The van der Waals surface area contributed by atoms with E-state index in [-0.39, 0.29) is 18.6 Å². The summed E-state index contributed by atoms with van der Waals surface area (Å²) in [5.74, 6) is -0.444. The second kappa shape index (κ2) is 7.32. The molecular weight excluding hydrogens is 232 g/mol. The van der Waals surface area contributed by atoms with Gasteiger partial charge in [-0.15, -0.1) is 0 Å². The molecule has 0 aliphatic heterocycles. The summed E-state index contributed by atoms with van der Waals surface area (Å²) < 4.78 is 4.70. The molecule has 0 spiro atoms. The highest BCUT2D eigenvalue weighted by molar-refractivity contribution is 5.80. The highest BCUT2D eigenvalue weighted by atomic mass is 16.5. The van der Waals surface area contributed by atoms with Crippen LogP contribution >= 0.6 is 0 Å². The van der Waals surface area contributed by atoms with E-state index in [1.54, 1.807) is 6.92 Å². The first kappa shape index (κ1) is 14.0. The predicted molar refractivity (Wildman–Crippen MR) is 68.0 cm³/mol. The smallest absolute Gasteiger partial charge is 0.325 e. The third-order valence-corrected chi connectivity index (χ3v) is 2.35. The van der Waals surface area contributed by atoms with Crippen LogP contribution in [-0.4, -0.2) is 25.2 Å². The molecule has 1 aromatic rings. The third kappa shape index (κ3) is 4.86. The van der Waals surface area contributed by atoms with E-state index in [9.17, 15) is 9.59 Å². The maximum atomic E-state index is 11.5. The van der Waals surface area contributed by atoms with Crippen molar-refractivity contribution in [3.05, 3.63) is 35.9 Å². The van der Waals surface area contributed by atoms with Gasteiger partial charge in [-0.05, 0) is 19.4 Å². The fraction of sp³-hybridized carbons (Fsp3) is 0.385. The minimum absolute atomic E-state index is 0.117. The van der Waals surface area contributed by atoms with Crippen LogP contribution in [0.1, 0.15) is 25.5 Å². The van der Waals surface area contributed by atoms with Crippen molar-refractivity contribution < 1.29 is 14.3 Å². The number of carbonyl (C=O) groups is 2. The lowest BCUT2D eigenvalue weighted by molar-refractivity contribution is -0.141. The maximum absolute atomic E-state index is 11.5. The van der Waals surface area contributed by atoms with Crippen molar-refractivity contribution in [2.75, 3.05) is 13.2 Å². The standard InChI is InChI=1S/C13H18N2O3/c1-3-18-12(16)9-14-13(17)15-10(2)11-7-5-4-6-8-11/h4-8,10H,3,9H2,1-2H3,(H2,14,15,17). The third-order valence-electron chi connectivity index (χ3n) is 2.35. The largest absolute Gasteiger partial charge is 0.465 e. The van der Waals surface area contributed by atoms with Crippen molar-refractivity contribution >= 4 is 12.0 Å². The fourth-order valence-electron chi connectivity index (χ4n) is 1.44. The lowest BCUT2D eigenvalue weighted by Gasteiger charge is -2.14. The van der Waals surface area contributed by atoms with Crippen LogP contribution in [-0.2, 0) is 9.53 Å². The molecule has 2 amide bonds. The van der Waals surface area contributed by atoms with E-state index in [1.165, 1.54) is 0 Å². The molecule has 5 heteroatoms. The van der Waals surface area contributed by atoms with Crippen LogP contribution in [0.3, 0.4) is 0 Å². The van der Waals surface area contributed by atoms with Gasteiger partial charge in [-0.25, -0.2) is 4.79 Å². The van der Waals surface area contributed by atoms with Gasteiger partial charge in [-0.1, -0.05) is 30.3 Å². The first-order valence-corrected chi connectivity index (χ1v) is 5.88. The zero-order chi connectivity index (χ0) is 13.4. The molecule has 0 saturated carbocycles. The molecule has 1 rings (SSSR count). The van der Waals surface area contributed by atoms with Gasteiger partial charge in [-0.3, -0.25) is 4.79 Å². The molecule has 0 heterocycles. The normalized spacial score (nSPS) is 11.4. The van der Waals surface area contributed by atoms with Crippen LogP contribution in [0, 0.1) is 0 Å². The number of ether oxygens (including phenoxy) is 1. The lowest BCUT2D eigenvalue weighted by atomic mass is 10.1. The summed E-state index contributed by atoms with van der Waals surface area (Å²) in [6.07, 6.45) is 0. The van der Waals surface area contributed by atoms with Gasteiger partial charge in [0.25, 0.3) is 0 Å². The van der Waals surface area contributed by atoms with Crippen LogP contribution in [0.5, 0.6) is 0 Å². The van der Waals surface area contributed by atoms with E-state index in [0.29, 0.717) is 6.61 Å². The maximum Gasteiger partial charge on any atom is 0.325 e. The minimum atomic E-state index is -0.444. The molecular formula is C13H18N2O3. The van der Waals surface area contributed by atoms with Gasteiger partial charge in [0.1, 0.15) is 6.54 Å². The molecule has 0 aliphatic rings. The summed E-state index contributed by atoms with van der Waals surface area (Å²) in [6, 6.07) is 9.07. The molecule has 1 unspecified atom stereocenters. The number of urea groups is 1. The van der Waals surface area contributed by atoms with Crippen molar-refractivity contribution in [1.82, 2.24) is 10.6 Å². The van der Waals surface area contributed by atoms with E-state index >= 15 is 0 Å². The molecule has 0 aliphatic carbocycles. The summed E-state index contributed by atoms with van der Waals surface area (Å²) >= 11 is 0. The van der Waals surface area contributed by atoms with E-state index in [1.807, 2.05) is 37.3 Å². The number of benzene rings is 1. The van der Waals surface area contributed by atoms with Crippen molar-refractivity contribution in [1.29, 1.82) is 0 Å². The minimum Gasteiger partial charge on any atom is -0.465 e. The first-order valence-electron chi connectivity index (χ1n) is 5.88. The zero-order valence-electron chi connectivity index (χ0n) is 10.6. The highest BCUT2D eigenvalue weighted by Gasteiger charge is 2.10. The molecule has 0 aromatic heterocycles. The number of nitrogens with one attached hydrogen (secondary N) is 2. The summed E-state index contributed by atoms with van der Waals surface area (Å²) in [6.45, 7) is 3.78. The number of carbonyl (C=O) groups excluding carboxylic acids is 2. The second-order valence-corrected chi connectivity index (χ2v) is 3.76. The molecule has 98 valence electrons. The summed E-state index contributed by atoms with van der Waals surface area (Å²) in [5.41, 5.74) is 1.00. The number of rotatable bonds is 5. The van der Waals surface area contributed by atoms with Crippen LogP contribution in [0.2, 0.25) is 0 Å². The first-order chi connectivity index (χ1) is 8.63. The number of hydrogen-bond acceptors (Lipinski definition) is 3. The highest BCUT2D eigenvalue weighted by Crippen LogP contribution is 2.10. The molecule has 5 nitrogen and oxygen atoms in total. The van der Waals surface area contributed by atoms with Gasteiger partial charge in [0.2, 0.25) is 0 Å². The van der Waals surface area contributed by atoms with Crippen LogP contribution < -0.4 is 10.6 Å². The van der Waals surface area contributed by atoms with Gasteiger partial charge in [0.05, 0.1) is 12.6 Å². The van der Waals surface area contributed by atoms with Crippen molar-refractivity contribution in [3.8, 4) is 0 Å². The van der Waals surface area contributed by atoms with Gasteiger partial charge in [0, 0.05) is 0 Å². The zero-order valence-corrected chi connectivity index (χ0v) is 10.6. The predicted octanol–water partition coefficient (Wildman–Crippen LogP) is 1.61. The Morgan fingerprint density at radius 2 is 1.94 bits per heavy atom. The van der Waals surface area contributed by atoms with Crippen molar-refractivity contribution in [2.24, 2.45) is 0 Å². The van der Waals surface area contributed by atoms with Crippen molar-refractivity contribution in [2.45, 2.75) is 19.9 Å². The van der Waals surface area contributed by atoms with Crippen LogP contribution in [0.15, 0.2) is 30.3 Å². The summed E-state index contributed by atoms with van der Waals surface area (Å²) in [7, 11) is 0. The SMILES string of the molecule is CCOC(=O)CNC(=O)NC(C)c1ccccc1. The van der Waals surface area contributed by atoms with Gasteiger partial charge >= 0.3 is 12.0 Å². The Bertz CT molecular complexity index is 392. The summed E-state index contributed by atoms with van der Waals surface area (Å²) in [4.78, 5) is 22.5. The monoisotopic (exact) mass is 250 g/mol. The lowest BCUT2D eigenvalue weighted by Crippen LogP contribution is -2.40. The van der Waals surface area contributed by atoms with E-state index < -0.39 is 5.97 Å². The van der Waals surface area contributed by atoms with Gasteiger partial charge in [-0.2, -0.15) is 0 Å².